The van der Waals surface area contributed by atoms with Gasteiger partial charge in [-0.15, -0.1) is 0 Å². The summed E-state index contributed by atoms with van der Waals surface area (Å²) in [6.45, 7) is 6.49. The lowest BCUT2D eigenvalue weighted by Crippen LogP contribution is -2.26. The Morgan fingerprint density at radius 3 is 1.78 bits per heavy atom. The summed E-state index contributed by atoms with van der Waals surface area (Å²) in [5.41, 5.74) is 0. The first-order valence-electron chi connectivity index (χ1n) is 3.68. The maximum absolute atomic E-state index is 8.71. The second kappa shape index (κ2) is 6.05. The van der Waals surface area contributed by atoms with E-state index in [1.165, 1.54) is 0 Å². The first-order chi connectivity index (χ1) is 4.35. The summed E-state index contributed by atoms with van der Waals surface area (Å²) in [4.78, 5) is 2.04. The van der Waals surface area contributed by atoms with Crippen molar-refractivity contribution in [2.24, 2.45) is 0 Å². The van der Waals surface area contributed by atoms with E-state index in [4.69, 9.17) is 5.11 Å². The number of rotatable bonds is 5. The highest BCUT2D eigenvalue weighted by Crippen LogP contribution is 1.90. The van der Waals surface area contributed by atoms with Gasteiger partial charge in [0.2, 0.25) is 0 Å². The van der Waals surface area contributed by atoms with Crippen LogP contribution < -0.4 is 0 Å². The smallest absolute Gasteiger partial charge is 0.0956 e. The molecule has 9 heavy (non-hydrogen) atoms. The SMILES string of the molecule is CCCN(CO)CCC. The topological polar surface area (TPSA) is 23.5 Å². The average Bonchev–Trinajstić information content (AvgIpc) is 1.88. The second-order valence-corrected chi connectivity index (χ2v) is 2.26. The molecule has 0 aromatic carbocycles. The summed E-state index contributed by atoms with van der Waals surface area (Å²) < 4.78 is 0. The van der Waals surface area contributed by atoms with Gasteiger partial charge in [-0.2, -0.15) is 0 Å². The molecule has 0 amide bonds. The molecule has 1 N–H and O–H groups in total. The van der Waals surface area contributed by atoms with E-state index in [0.717, 1.165) is 25.9 Å². The number of aliphatic hydroxyl groups excluding tert-OH is 1. The molecule has 0 unspecified atom stereocenters. The molecular weight excluding hydrogens is 114 g/mol. The summed E-state index contributed by atoms with van der Waals surface area (Å²) in [5.74, 6) is 0. The molecule has 2 heteroatoms. The Kier molecular flexibility index (Phi) is 5.99. The van der Waals surface area contributed by atoms with Crippen LogP contribution in [0.1, 0.15) is 26.7 Å². The Hall–Kier alpha value is -0.0800. The van der Waals surface area contributed by atoms with E-state index < -0.39 is 0 Å². The average molecular weight is 131 g/mol. The molecule has 0 saturated heterocycles. The zero-order valence-electron chi connectivity index (χ0n) is 6.43. The lowest BCUT2D eigenvalue weighted by Gasteiger charge is -2.16. The van der Waals surface area contributed by atoms with Gasteiger partial charge >= 0.3 is 0 Å². The third kappa shape index (κ3) is 4.43. The third-order valence-corrected chi connectivity index (χ3v) is 1.28. The third-order valence-electron chi connectivity index (χ3n) is 1.28. The quantitative estimate of drug-likeness (QED) is 0.564. The highest BCUT2D eigenvalue weighted by atomic mass is 16.3. The van der Waals surface area contributed by atoms with E-state index in [0.29, 0.717) is 0 Å². The fraction of sp³-hybridized carbons (Fsp3) is 1.00. The van der Waals surface area contributed by atoms with Crippen LogP contribution in [-0.4, -0.2) is 29.8 Å². The molecule has 0 heterocycles. The predicted molar refractivity (Wildman–Crippen MR) is 39.2 cm³/mol. The van der Waals surface area contributed by atoms with Gasteiger partial charge in [0.1, 0.15) is 0 Å². The highest BCUT2D eigenvalue weighted by Gasteiger charge is 1.96. The van der Waals surface area contributed by atoms with Crippen LogP contribution in [0.15, 0.2) is 0 Å². The van der Waals surface area contributed by atoms with Crippen molar-refractivity contribution in [1.29, 1.82) is 0 Å². The highest BCUT2D eigenvalue weighted by molar-refractivity contribution is 4.47. The summed E-state index contributed by atoms with van der Waals surface area (Å²) in [6.07, 6.45) is 2.25. The van der Waals surface area contributed by atoms with E-state index >= 15 is 0 Å². The van der Waals surface area contributed by atoms with Crippen molar-refractivity contribution in [1.82, 2.24) is 4.90 Å². The van der Waals surface area contributed by atoms with Crippen molar-refractivity contribution >= 4 is 0 Å². The van der Waals surface area contributed by atoms with Gasteiger partial charge < -0.3 is 5.11 Å². The van der Waals surface area contributed by atoms with Crippen LogP contribution >= 0.6 is 0 Å². The lowest BCUT2D eigenvalue weighted by atomic mass is 10.4. The van der Waals surface area contributed by atoms with Crippen molar-refractivity contribution in [3.63, 3.8) is 0 Å². The van der Waals surface area contributed by atoms with Crippen molar-refractivity contribution in [2.75, 3.05) is 19.8 Å². The Labute approximate surface area is 57.5 Å². The molecule has 0 saturated carbocycles. The van der Waals surface area contributed by atoms with Crippen LogP contribution in [0.2, 0.25) is 0 Å². The first kappa shape index (κ1) is 8.92. The monoisotopic (exact) mass is 131 g/mol. The van der Waals surface area contributed by atoms with Crippen LogP contribution in [0, 0.1) is 0 Å². The number of nitrogens with zero attached hydrogens (tertiary/aromatic N) is 1. The second-order valence-electron chi connectivity index (χ2n) is 2.26. The van der Waals surface area contributed by atoms with Gasteiger partial charge in [-0.3, -0.25) is 4.90 Å². The zero-order chi connectivity index (χ0) is 7.11. The first-order valence-corrected chi connectivity index (χ1v) is 3.68. The molecule has 0 aliphatic heterocycles. The van der Waals surface area contributed by atoms with Crippen molar-refractivity contribution < 1.29 is 5.11 Å². The molecule has 0 radical (unpaired) electrons. The molecule has 0 aromatic heterocycles. The van der Waals surface area contributed by atoms with Gasteiger partial charge in [-0.1, -0.05) is 13.8 Å². The van der Waals surface area contributed by atoms with E-state index in [2.05, 4.69) is 13.8 Å². The maximum atomic E-state index is 8.71. The fourth-order valence-corrected chi connectivity index (χ4v) is 0.886. The number of aliphatic hydroxyl groups is 1. The molecule has 0 bridgehead atoms. The molecule has 2 nitrogen and oxygen atoms in total. The zero-order valence-corrected chi connectivity index (χ0v) is 6.43. The van der Waals surface area contributed by atoms with Gasteiger partial charge in [0.25, 0.3) is 0 Å². The van der Waals surface area contributed by atoms with Gasteiger partial charge in [0.05, 0.1) is 6.73 Å². The molecule has 0 rings (SSSR count). The van der Waals surface area contributed by atoms with Crippen molar-refractivity contribution in [3.8, 4) is 0 Å². The van der Waals surface area contributed by atoms with Gasteiger partial charge in [-0.25, -0.2) is 0 Å². The van der Waals surface area contributed by atoms with E-state index in [1.807, 2.05) is 4.90 Å². The Balaban J connectivity index is 3.18. The lowest BCUT2D eigenvalue weighted by molar-refractivity contribution is 0.107. The molecule has 0 aliphatic rings. The largest absolute Gasteiger partial charge is 0.381 e. The molecule has 0 aromatic rings. The Morgan fingerprint density at radius 1 is 1.11 bits per heavy atom. The molecular formula is C7H17NO. The van der Waals surface area contributed by atoms with Crippen LogP contribution in [0.3, 0.4) is 0 Å². The van der Waals surface area contributed by atoms with E-state index in [1.54, 1.807) is 0 Å². The number of hydrogen-bond donors (Lipinski definition) is 1. The van der Waals surface area contributed by atoms with Crippen LogP contribution in [0.4, 0.5) is 0 Å². The minimum Gasteiger partial charge on any atom is -0.381 e. The van der Waals surface area contributed by atoms with Gasteiger partial charge in [-0.05, 0) is 12.8 Å². The molecule has 0 fully saturated rings. The minimum atomic E-state index is 0.210. The van der Waals surface area contributed by atoms with E-state index in [9.17, 15) is 0 Å². The molecule has 0 spiro atoms. The Bertz CT molecular complexity index is 50.9. The van der Waals surface area contributed by atoms with Crippen LogP contribution in [0.5, 0.6) is 0 Å². The molecule has 0 atom stereocenters. The minimum absolute atomic E-state index is 0.210. The predicted octanol–water partition coefficient (Wildman–Crippen LogP) is 1.06. The van der Waals surface area contributed by atoms with Crippen molar-refractivity contribution in [3.05, 3.63) is 0 Å². The van der Waals surface area contributed by atoms with Gasteiger partial charge in [0, 0.05) is 13.1 Å². The summed E-state index contributed by atoms with van der Waals surface area (Å²) in [5, 5.41) is 8.71. The van der Waals surface area contributed by atoms with Crippen LogP contribution in [0.25, 0.3) is 0 Å². The van der Waals surface area contributed by atoms with Crippen LogP contribution in [-0.2, 0) is 0 Å². The van der Waals surface area contributed by atoms with E-state index in [-0.39, 0.29) is 6.73 Å². The normalized spacial score (nSPS) is 10.7. The standard InChI is InChI=1S/C7H17NO/c1-3-5-8(7-9)6-4-2/h9H,3-7H2,1-2H3. The maximum Gasteiger partial charge on any atom is 0.0956 e. The Morgan fingerprint density at radius 2 is 1.56 bits per heavy atom. The summed E-state index contributed by atoms with van der Waals surface area (Å²) in [7, 11) is 0. The van der Waals surface area contributed by atoms with Gasteiger partial charge in [0.15, 0.2) is 0 Å². The number of hydrogen-bond acceptors (Lipinski definition) is 2. The molecule has 0 aliphatic carbocycles. The summed E-state index contributed by atoms with van der Waals surface area (Å²) in [6, 6.07) is 0. The fourth-order valence-electron chi connectivity index (χ4n) is 0.886. The molecule has 56 valence electrons. The summed E-state index contributed by atoms with van der Waals surface area (Å²) >= 11 is 0. The van der Waals surface area contributed by atoms with Crippen molar-refractivity contribution in [2.45, 2.75) is 26.7 Å².